The predicted octanol–water partition coefficient (Wildman–Crippen LogP) is 3.62. The van der Waals surface area contributed by atoms with Gasteiger partial charge in [0, 0.05) is 7.05 Å². The Morgan fingerprint density at radius 1 is 1.20 bits per heavy atom. The standard InChI is InChI=1S/C21H25FIN3O4/c1-21(2,3)29-11-12-30-26-10-9-13-16(19(26)27)18(25(4)20(28)17(13)23)24-15-8-6-5-7-14(15)22/h5-8,24H,9-12H2,1-4H3. The average molecular weight is 529 g/mol. The van der Waals surface area contributed by atoms with Crippen LogP contribution in [0.2, 0.25) is 0 Å². The number of amides is 1. The third-order valence-corrected chi connectivity index (χ3v) is 5.74. The highest BCUT2D eigenvalue weighted by Gasteiger charge is 2.32. The van der Waals surface area contributed by atoms with Gasteiger partial charge in [0.1, 0.15) is 11.6 Å². The molecule has 1 aliphatic rings. The number of benzene rings is 1. The first-order chi connectivity index (χ1) is 14.1. The van der Waals surface area contributed by atoms with Gasteiger partial charge in [-0.05, 0) is 67.5 Å². The molecule has 1 aromatic carbocycles. The minimum absolute atomic E-state index is 0.181. The van der Waals surface area contributed by atoms with Gasteiger partial charge in [0.15, 0.2) is 0 Å². The number of ether oxygens (including phenoxy) is 1. The summed E-state index contributed by atoms with van der Waals surface area (Å²) in [5.74, 6) is -0.614. The molecule has 1 N–H and O–H groups in total. The summed E-state index contributed by atoms with van der Waals surface area (Å²) in [6, 6.07) is 6.11. The van der Waals surface area contributed by atoms with Crippen molar-refractivity contribution in [1.82, 2.24) is 9.63 Å². The molecule has 162 valence electrons. The maximum absolute atomic E-state index is 14.2. The van der Waals surface area contributed by atoms with Crippen molar-refractivity contribution in [3.05, 3.63) is 55.1 Å². The van der Waals surface area contributed by atoms with Gasteiger partial charge in [0.25, 0.3) is 11.5 Å². The molecule has 3 rings (SSSR count). The van der Waals surface area contributed by atoms with E-state index < -0.39 is 5.82 Å². The van der Waals surface area contributed by atoms with E-state index >= 15 is 0 Å². The molecular weight excluding hydrogens is 504 g/mol. The minimum atomic E-state index is -0.479. The third kappa shape index (κ3) is 4.84. The monoisotopic (exact) mass is 529 g/mol. The van der Waals surface area contributed by atoms with Gasteiger partial charge >= 0.3 is 0 Å². The first-order valence-electron chi connectivity index (χ1n) is 9.62. The Kier molecular flexibility index (Phi) is 6.83. The first kappa shape index (κ1) is 22.7. The van der Waals surface area contributed by atoms with E-state index in [1.54, 1.807) is 25.2 Å². The lowest BCUT2D eigenvalue weighted by atomic mass is 10.0. The van der Waals surface area contributed by atoms with Gasteiger partial charge in [-0.3, -0.25) is 19.0 Å². The number of para-hydroxylation sites is 1. The zero-order valence-corrected chi connectivity index (χ0v) is 19.6. The lowest BCUT2D eigenvalue weighted by Crippen LogP contribution is -2.42. The van der Waals surface area contributed by atoms with Crippen LogP contribution < -0.4 is 10.9 Å². The summed E-state index contributed by atoms with van der Waals surface area (Å²) >= 11 is 1.96. The number of nitrogens with zero attached hydrogens (tertiary/aromatic N) is 2. The van der Waals surface area contributed by atoms with Gasteiger partial charge in [0.05, 0.1) is 40.2 Å². The molecule has 0 saturated heterocycles. The minimum Gasteiger partial charge on any atom is -0.373 e. The van der Waals surface area contributed by atoms with Crippen LogP contribution in [-0.2, 0) is 23.0 Å². The second kappa shape index (κ2) is 9.03. The lowest BCUT2D eigenvalue weighted by Gasteiger charge is -2.31. The fourth-order valence-electron chi connectivity index (χ4n) is 3.16. The normalized spacial score (nSPS) is 14.1. The molecule has 1 amide bonds. The Bertz CT molecular complexity index is 1020. The summed E-state index contributed by atoms with van der Waals surface area (Å²) in [5.41, 5.74) is 0.600. The zero-order chi connectivity index (χ0) is 22.1. The SMILES string of the molecule is Cn1c(Nc2ccccc2F)c2c(c(I)c1=O)CCN(OCCOC(C)(C)C)C2=O. The van der Waals surface area contributed by atoms with Crippen molar-refractivity contribution >= 4 is 40.0 Å². The molecule has 0 atom stereocenters. The second-order valence-electron chi connectivity index (χ2n) is 7.94. The van der Waals surface area contributed by atoms with Crippen LogP contribution in [0.25, 0.3) is 0 Å². The lowest BCUT2D eigenvalue weighted by molar-refractivity contribution is -0.148. The Hall–Kier alpha value is -1.98. The van der Waals surface area contributed by atoms with Gasteiger partial charge in [0.2, 0.25) is 0 Å². The molecule has 1 aliphatic heterocycles. The summed E-state index contributed by atoms with van der Waals surface area (Å²) in [4.78, 5) is 31.6. The predicted molar refractivity (Wildman–Crippen MR) is 120 cm³/mol. The Balaban J connectivity index is 1.92. The van der Waals surface area contributed by atoms with Crippen LogP contribution >= 0.6 is 22.6 Å². The smallest absolute Gasteiger partial charge is 0.281 e. The van der Waals surface area contributed by atoms with E-state index in [1.807, 2.05) is 43.4 Å². The van der Waals surface area contributed by atoms with E-state index in [4.69, 9.17) is 9.57 Å². The van der Waals surface area contributed by atoms with E-state index in [-0.39, 0.29) is 35.2 Å². The molecule has 0 spiro atoms. The first-order valence-corrected chi connectivity index (χ1v) is 10.7. The number of pyridine rings is 1. The van der Waals surface area contributed by atoms with E-state index in [0.717, 1.165) is 0 Å². The van der Waals surface area contributed by atoms with Gasteiger partial charge in [-0.15, -0.1) is 0 Å². The molecule has 1 aromatic heterocycles. The number of hydrogen-bond donors (Lipinski definition) is 1. The third-order valence-electron chi connectivity index (χ3n) is 4.63. The quantitative estimate of drug-likeness (QED) is 0.458. The van der Waals surface area contributed by atoms with Crippen molar-refractivity contribution in [1.29, 1.82) is 0 Å². The topological polar surface area (TPSA) is 72.8 Å². The highest BCUT2D eigenvalue weighted by atomic mass is 127. The molecule has 0 bridgehead atoms. The van der Waals surface area contributed by atoms with Crippen molar-refractivity contribution in [2.45, 2.75) is 32.8 Å². The van der Waals surface area contributed by atoms with Crippen LogP contribution in [0, 0.1) is 9.39 Å². The van der Waals surface area contributed by atoms with E-state index in [0.29, 0.717) is 34.3 Å². The van der Waals surface area contributed by atoms with Crippen LogP contribution in [0.1, 0.15) is 36.7 Å². The largest absolute Gasteiger partial charge is 0.373 e. The maximum atomic E-state index is 14.2. The van der Waals surface area contributed by atoms with Crippen molar-refractivity contribution in [3.8, 4) is 0 Å². The molecule has 2 aromatic rings. The molecule has 0 fully saturated rings. The zero-order valence-electron chi connectivity index (χ0n) is 17.4. The Labute approximate surface area is 188 Å². The summed E-state index contributed by atoms with van der Waals surface area (Å²) < 4.78 is 21.7. The molecule has 2 heterocycles. The number of carbonyl (C=O) groups excluding carboxylic acids is 1. The summed E-state index contributed by atoms with van der Waals surface area (Å²) in [7, 11) is 1.55. The summed E-state index contributed by atoms with van der Waals surface area (Å²) in [5, 5.41) is 4.21. The van der Waals surface area contributed by atoms with Gasteiger partial charge in [-0.25, -0.2) is 9.45 Å². The van der Waals surface area contributed by atoms with Crippen LogP contribution in [0.15, 0.2) is 29.1 Å². The number of anilines is 2. The maximum Gasteiger partial charge on any atom is 0.281 e. The molecule has 0 unspecified atom stereocenters. The summed E-state index contributed by atoms with van der Waals surface area (Å²) in [6.07, 6.45) is 0.460. The number of carbonyl (C=O) groups is 1. The highest BCUT2D eigenvalue weighted by Crippen LogP contribution is 2.30. The average Bonchev–Trinajstić information content (AvgIpc) is 2.68. The number of halogens is 2. The highest BCUT2D eigenvalue weighted by molar-refractivity contribution is 14.1. The molecule has 0 aliphatic carbocycles. The van der Waals surface area contributed by atoms with Crippen molar-refractivity contribution in [2.75, 3.05) is 25.1 Å². The second-order valence-corrected chi connectivity index (χ2v) is 9.02. The number of hydrogen-bond acceptors (Lipinski definition) is 5. The number of hydroxylamine groups is 2. The van der Waals surface area contributed by atoms with E-state index in [1.165, 1.54) is 15.7 Å². The fourth-order valence-corrected chi connectivity index (χ4v) is 4.06. The molecule has 9 heteroatoms. The van der Waals surface area contributed by atoms with Crippen molar-refractivity contribution in [2.24, 2.45) is 7.05 Å². The number of fused-ring (bicyclic) bond motifs is 1. The van der Waals surface area contributed by atoms with Crippen molar-refractivity contribution in [3.63, 3.8) is 0 Å². The number of rotatable bonds is 6. The van der Waals surface area contributed by atoms with E-state index in [9.17, 15) is 14.0 Å². The molecule has 30 heavy (non-hydrogen) atoms. The number of aromatic nitrogens is 1. The molecule has 7 nitrogen and oxygen atoms in total. The molecule has 0 radical (unpaired) electrons. The van der Waals surface area contributed by atoms with E-state index in [2.05, 4.69) is 5.32 Å². The molecular formula is C21H25FIN3O4. The number of nitrogens with one attached hydrogen (secondary N) is 1. The Morgan fingerprint density at radius 3 is 2.57 bits per heavy atom. The molecule has 0 saturated carbocycles. The van der Waals surface area contributed by atoms with Gasteiger partial charge < -0.3 is 10.1 Å². The van der Waals surface area contributed by atoms with Gasteiger partial charge in [-0.1, -0.05) is 12.1 Å². The van der Waals surface area contributed by atoms with Crippen LogP contribution in [0.5, 0.6) is 0 Å². The van der Waals surface area contributed by atoms with Gasteiger partial charge in [-0.2, -0.15) is 0 Å². The van der Waals surface area contributed by atoms with Crippen LogP contribution in [-0.4, -0.2) is 40.9 Å². The fraction of sp³-hybridized carbons (Fsp3) is 0.429. The van der Waals surface area contributed by atoms with Crippen LogP contribution in [0.3, 0.4) is 0 Å². The summed E-state index contributed by atoms with van der Waals surface area (Å²) in [6.45, 7) is 6.71. The van der Waals surface area contributed by atoms with Crippen molar-refractivity contribution < 1.29 is 18.8 Å². The Morgan fingerprint density at radius 2 is 1.90 bits per heavy atom. The van der Waals surface area contributed by atoms with Crippen LogP contribution in [0.4, 0.5) is 15.9 Å².